The number of nitrogens with zero attached hydrogens (tertiary/aromatic N) is 3. The van der Waals surface area contributed by atoms with Crippen LogP contribution in [-0.4, -0.2) is 20.7 Å². The first-order valence-electron chi connectivity index (χ1n) is 6.78. The van der Waals surface area contributed by atoms with E-state index < -0.39 is 17.1 Å². The quantitative estimate of drug-likeness (QED) is 0.735. The molecule has 3 aromatic heterocycles. The van der Waals surface area contributed by atoms with E-state index in [2.05, 4.69) is 15.5 Å². The van der Waals surface area contributed by atoms with E-state index in [-0.39, 0.29) is 17.6 Å². The van der Waals surface area contributed by atoms with Gasteiger partial charge in [0.15, 0.2) is 0 Å². The maximum Gasteiger partial charge on any atom is 0.445 e. The second-order valence-corrected chi connectivity index (χ2v) is 6.62. The van der Waals surface area contributed by atoms with Crippen molar-refractivity contribution in [2.24, 2.45) is 0 Å². The zero-order chi connectivity index (χ0) is 17.2. The summed E-state index contributed by atoms with van der Waals surface area (Å²) in [5.74, 6) is -0.426. The van der Waals surface area contributed by atoms with Gasteiger partial charge in [0.25, 0.3) is 0 Å². The summed E-state index contributed by atoms with van der Waals surface area (Å²) < 4.78 is 39.4. The van der Waals surface area contributed by atoms with E-state index in [9.17, 15) is 18.0 Å². The number of carbonyl (C=O) groups is 1. The number of carbonyl (C=O) groups excluding carboxylic acids is 1. The number of anilines is 1. The van der Waals surface area contributed by atoms with Crippen molar-refractivity contribution < 1.29 is 18.0 Å². The average Bonchev–Trinajstić information content (AvgIpc) is 3.25. The van der Waals surface area contributed by atoms with Crippen LogP contribution in [0.1, 0.15) is 23.0 Å². The highest BCUT2D eigenvalue weighted by molar-refractivity contribution is 7.15. The third-order valence-corrected chi connectivity index (χ3v) is 4.79. The minimum atomic E-state index is -4.56. The van der Waals surface area contributed by atoms with Gasteiger partial charge in [0.1, 0.15) is 0 Å². The maximum atomic E-state index is 12.5. The molecule has 0 aliphatic heterocycles. The van der Waals surface area contributed by atoms with Crippen LogP contribution >= 0.6 is 22.7 Å². The first-order chi connectivity index (χ1) is 11.4. The van der Waals surface area contributed by atoms with E-state index in [0.717, 1.165) is 5.56 Å². The molecule has 0 aliphatic carbocycles. The lowest BCUT2D eigenvalue weighted by Gasteiger charge is -2.17. The zero-order valence-electron chi connectivity index (χ0n) is 12.0. The molecule has 3 rings (SSSR count). The van der Waals surface area contributed by atoms with Gasteiger partial charge in [0, 0.05) is 12.4 Å². The van der Waals surface area contributed by atoms with Crippen LogP contribution in [0.15, 0.2) is 41.4 Å². The van der Waals surface area contributed by atoms with Crippen LogP contribution in [-0.2, 0) is 11.0 Å². The monoisotopic (exact) mass is 372 g/mol. The Morgan fingerprint density at radius 3 is 2.62 bits per heavy atom. The molecule has 0 spiro atoms. The van der Waals surface area contributed by atoms with Crippen LogP contribution in [0.4, 0.5) is 18.3 Å². The highest BCUT2D eigenvalue weighted by atomic mass is 32.1. The third-order valence-electron chi connectivity index (χ3n) is 3.21. The molecule has 0 saturated carbocycles. The van der Waals surface area contributed by atoms with Crippen molar-refractivity contribution in [1.82, 2.24) is 14.8 Å². The SMILES string of the molecule is O=C(CC(c1ccsc1)n1cccc1)Nc1nnc(C(F)(F)F)s1. The zero-order valence-corrected chi connectivity index (χ0v) is 13.7. The van der Waals surface area contributed by atoms with Gasteiger partial charge in [-0.3, -0.25) is 4.79 Å². The molecule has 1 atom stereocenters. The Labute approximate surface area is 142 Å². The Morgan fingerprint density at radius 1 is 1.29 bits per heavy atom. The summed E-state index contributed by atoms with van der Waals surface area (Å²) in [6.07, 6.45) is -0.817. The summed E-state index contributed by atoms with van der Waals surface area (Å²) in [7, 11) is 0. The molecule has 1 unspecified atom stereocenters. The lowest BCUT2D eigenvalue weighted by molar-refractivity contribution is -0.138. The van der Waals surface area contributed by atoms with E-state index in [1.165, 1.54) is 11.3 Å². The number of hydrogen-bond acceptors (Lipinski definition) is 5. The Hall–Kier alpha value is -2.20. The fourth-order valence-corrected chi connectivity index (χ4v) is 3.48. The van der Waals surface area contributed by atoms with Gasteiger partial charge in [-0.15, -0.1) is 10.2 Å². The molecule has 0 fully saturated rings. The first kappa shape index (κ1) is 16.7. The molecular formula is C14H11F3N4OS2. The molecule has 3 aromatic rings. The normalized spacial score (nSPS) is 13.0. The molecule has 0 aromatic carbocycles. The highest BCUT2D eigenvalue weighted by Gasteiger charge is 2.35. The summed E-state index contributed by atoms with van der Waals surface area (Å²) >= 11 is 1.82. The number of amides is 1. The molecule has 0 bridgehead atoms. The Balaban J connectivity index is 1.71. The average molecular weight is 372 g/mol. The largest absolute Gasteiger partial charge is 0.445 e. The lowest BCUT2D eigenvalue weighted by atomic mass is 10.1. The van der Waals surface area contributed by atoms with Crippen molar-refractivity contribution >= 4 is 33.7 Å². The van der Waals surface area contributed by atoms with Gasteiger partial charge in [0.2, 0.25) is 16.0 Å². The van der Waals surface area contributed by atoms with Crippen LogP contribution in [0.2, 0.25) is 0 Å². The van der Waals surface area contributed by atoms with Crippen molar-refractivity contribution in [2.45, 2.75) is 18.6 Å². The van der Waals surface area contributed by atoms with Crippen LogP contribution in [0.5, 0.6) is 0 Å². The predicted molar refractivity (Wildman–Crippen MR) is 85.0 cm³/mol. The summed E-state index contributed by atoms with van der Waals surface area (Å²) in [5, 5.41) is 11.4. The molecule has 3 heterocycles. The summed E-state index contributed by atoms with van der Waals surface area (Å²) in [5.41, 5.74) is 0.958. The molecule has 0 saturated heterocycles. The third kappa shape index (κ3) is 3.82. The number of aromatic nitrogens is 3. The van der Waals surface area contributed by atoms with Gasteiger partial charge in [-0.1, -0.05) is 11.3 Å². The minimum Gasteiger partial charge on any atom is -0.346 e. The summed E-state index contributed by atoms with van der Waals surface area (Å²) in [6.45, 7) is 0. The molecule has 126 valence electrons. The van der Waals surface area contributed by atoms with Crippen molar-refractivity contribution in [3.63, 3.8) is 0 Å². The second-order valence-electron chi connectivity index (χ2n) is 4.87. The molecule has 1 amide bonds. The smallest absolute Gasteiger partial charge is 0.346 e. The Bertz CT molecular complexity index is 762. The highest BCUT2D eigenvalue weighted by Crippen LogP contribution is 2.33. The standard InChI is InChI=1S/C14H11F3N4OS2/c15-14(16,17)12-19-20-13(24-12)18-11(22)7-10(9-3-6-23-8-9)21-4-1-2-5-21/h1-6,8,10H,7H2,(H,18,20,22). The minimum absolute atomic E-state index is 0.0757. The Morgan fingerprint density at radius 2 is 2.04 bits per heavy atom. The van der Waals surface area contributed by atoms with E-state index in [4.69, 9.17) is 0 Å². The summed E-state index contributed by atoms with van der Waals surface area (Å²) in [4.78, 5) is 12.2. The van der Waals surface area contributed by atoms with Gasteiger partial charge in [-0.05, 0) is 34.5 Å². The van der Waals surface area contributed by atoms with E-state index >= 15 is 0 Å². The predicted octanol–water partition coefficient (Wildman–Crippen LogP) is 4.04. The molecular weight excluding hydrogens is 361 g/mol. The van der Waals surface area contributed by atoms with Gasteiger partial charge >= 0.3 is 6.18 Å². The van der Waals surface area contributed by atoms with E-state index in [0.29, 0.717) is 11.3 Å². The van der Waals surface area contributed by atoms with Crippen LogP contribution in [0.3, 0.4) is 0 Å². The number of rotatable bonds is 5. The Kier molecular flexibility index (Phi) is 4.67. The summed E-state index contributed by atoms with van der Waals surface area (Å²) in [6, 6.07) is 5.37. The van der Waals surface area contributed by atoms with Crippen molar-refractivity contribution in [1.29, 1.82) is 0 Å². The van der Waals surface area contributed by atoms with Crippen molar-refractivity contribution in [3.05, 3.63) is 51.9 Å². The molecule has 1 N–H and O–H groups in total. The van der Waals surface area contributed by atoms with Crippen LogP contribution in [0, 0.1) is 0 Å². The number of hydrogen-bond donors (Lipinski definition) is 1. The number of nitrogens with one attached hydrogen (secondary N) is 1. The van der Waals surface area contributed by atoms with Crippen LogP contribution in [0.25, 0.3) is 0 Å². The van der Waals surface area contributed by atoms with Gasteiger partial charge in [-0.2, -0.15) is 24.5 Å². The molecule has 0 radical (unpaired) electrons. The topological polar surface area (TPSA) is 59.8 Å². The van der Waals surface area contributed by atoms with Crippen LogP contribution < -0.4 is 5.32 Å². The maximum absolute atomic E-state index is 12.5. The second kappa shape index (κ2) is 6.73. The lowest BCUT2D eigenvalue weighted by Crippen LogP contribution is -2.19. The van der Waals surface area contributed by atoms with Crippen molar-refractivity contribution in [2.75, 3.05) is 5.32 Å². The van der Waals surface area contributed by atoms with Gasteiger partial charge < -0.3 is 9.88 Å². The first-order valence-corrected chi connectivity index (χ1v) is 8.54. The number of thiophene rings is 1. The molecule has 24 heavy (non-hydrogen) atoms. The molecule has 10 heteroatoms. The molecule has 0 aliphatic rings. The van der Waals surface area contributed by atoms with E-state index in [1.807, 2.05) is 45.9 Å². The van der Waals surface area contributed by atoms with E-state index in [1.54, 1.807) is 0 Å². The van der Waals surface area contributed by atoms with Gasteiger partial charge in [-0.25, -0.2) is 0 Å². The van der Waals surface area contributed by atoms with Crippen molar-refractivity contribution in [3.8, 4) is 0 Å². The number of alkyl halides is 3. The number of halogens is 3. The van der Waals surface area contributed by atoms with Gasteiger partial charge in [0.05, 0.1) is 12.5 Å². The fraction of sp³-hybridized carbons (Fsp3) is 0.214. The molecule has 5 nitrogen and oxygen atoms in total. The fourth-order valence-electron chi connectivity index (χ4n) is 2.15.